The molecule has 0 spiro atoms. The molecule has 0 saturated carbocycles. The highest BCUT2D eigenvalue weighted by Crippen LogP contribution is 2.22. The highest BCUT2D eigenvalue weighted by molar-refractivity contribution is 5.93. The highest BCUT2D eigenvalue weighted by Gasteiger charge is 2.26. The Morgan fingerprint density at radius 3 is 2.82 bits per heavy atom. The third-order valence-electron chi connectivity index (χ3n) is 3.79. The Labute approximate surface area is 128 Å². The van der Waals surface area contributed by atoms with E-state index in [2.05, 4.69) is 20.4 Å². The molecule has 1 aromatic carbocycles. The molecule has 2 heterocycles. The van der Waals surface area contributed by atoms with Crippen LogP contribution in [0.1, 0.15) is 12.8 Å². The molecule has 5 nitrogen and oxygen atoms in total. The van der Waals surface area contributed by atoms with Crippen LogP contribution in [0, 0.1) is 11.7 Å². The van der Waals surface area contributed by atoms with Gasteiger partial charge in [-0.15, -0.1) is 5.10 Å². The van der Waals surface area contributed by atoms with Gasteiger partial charge in [-0.2, -0.15) is 5.10 Å². The lowest BCUT2D eigenvalue weighted by Crippen LogP contribution is -2.41. The van der Waals surface area contributed by atoms with Crippen LogP contribution in [0.25, 0.3) is 0 Å². The Bertz CT molecular complexity index is 632. The molecule has 1 saturated heterocycles. The first-order valence-corrected chi connectivity index (χ1v) is 7.31. The van der Waals surface area contributed by atoms with Gasteiger partial charge in [0, 0.05) is 25.0 Å². The van der Waals surface area contributed by atoms with Crippen LogP contribution in [0.2, 0.25) is 0 Å². The fourth-order valence-electron chi connectivity index (χ4n) is 2.64. The standard InChI is InChI=1S/C16H17FN4O/c17-13-5-7-14(8-6-13)19-16(22)12-3-2-10-21(11-12)15-4-1-9-18-20-15/h1,4-9,12H,2-3,10-11H2,(H,19,22). The van der Waals surface area contributed by atoms with Crippen LogP contribution < -0.4 is 10.2 Å². The molecule has 0 aliphatic carbocycles. The second-order valence-corrected chi connectivity index (χ2v) is 5.36. The number of nitrogens with one attached hydrogen (secondary N) is 1. The Morgan fingerprint density at radius 2 is 2.09 bits per heavy atom. The quantitative estimate of drug-likeness (QED) is 0.946. The van der Waals surface area contributed by atoms with E-state index in [-0.39, 0.29) is 17.6 Å². The van der Waals surface area contributed by atoms with Gasteiger partial charge in [-0.3, -0.25) is 4.79 Å². The molecule has 1 N–H and O–H groups in total. The molecule has 114 valence electrons. The van der Waals surface area contributed by atoms with Crippen molar-refractivity contribution < 1.29 is 9.18 Å². The second-order valence-electron chi connectivity index (χ2n) is 5.36. The van der Waals surface area contributed by atoms with Crippen LogP contribution in [0.4, 0.5) is 15.9 Å². The Hall–Kier alpha value is -2.50. The van der Waals surface area contributed by atoms with Crippen molar-refractivity contribution in [3.63, 3.8) is 0 Å². The van der Waals surface area contributed by atoms with Gasteiger partial charge in [-0.1, -0.05) is 0 Å². The van der Waals surface area contributed by atoms with Crippen molar-refractivity contribution in [3.8, 4) is 0 Å². The minimum absolute atomic E-state index is 0.0415. The number of amides is 1. The van der Waals surface area contributed by atoms with Gasteiger partial charge >= 0.3 is 0 Å². The maximum absolute atomic E-state index is 12.9. The zero-order valence-corrected chi connectivity index (χ0v) is 12.1. The summed E-state index contributed by atoms with van der Waals surface area (Å²) >= 11 is 0. The van der Waals surface area contributed by atoms with Crippen LogP contribution in [-0.4, -0.2) is 29.2 Å². The molecule has 0 bridgehead atoms. The van der Waals surface area contributed by atoms with Crippen molar-refractivity contribution in [2.24, 2.45) is 5.92 Å². The molecule has 6 heteroatoms. The second kappa shape index (κ2) is 6.51. The maximum Gasteiger partial charge on any atom is 0.229 e. The minimum atomic E-state index is -0.315. The Balaban J connectivity index is 1.64. The normalized spacial score (nSPS) is 18.0. The van der Waals surface area contributed by atoms with Crippen LogP contribution in [0.5, 0.6) is 0 Å². The first-order chi connectivity index (χ1) is 10.7. The molecular weight excluding hydrogens is 283 g/mol. The van der Waals surface area contributed by atoms with E-state index in [1.54, 1.807) is 18.3 Å². The third kappa shape index (κ3) is 3.39. The molecule has 1 atom stereocenters. The monoisotopic (exact) mass is 300 g/mol. The number of hydrogen-bond donors (Lipinski definition) is 1. The molecule has 1 amide bonds. The maximum atomic E-state index is 12.9. The molecule has 3 rings (SSSR count). The summed E-state index contributed by atoms with van der Waals surface area (Å²) in [7, 11) is 0. The Morgan fingerprint density at radius 1 is 1.27 bits per heavy atom. The number of halogens is 1. The van der Waals surface area contributed by atoms with Crippen molar-refractivity contribution in [3.05, 3.63) is 48.4 Å². The van der Waals surface area contributed by atoms with Crippen molar-refractivity contribution in [1.29, 1.82) is 0 Å². The van der Waals surface area contributed by atoms with Gasteiger partial charge in [0.05, 0.1) is 5.92 Å². The van der Waals surface area contributed by atoms with E-state index in [4.69, 9.17) is 0 Å². The number of piperidine rings is 1. The SMILES string of the molecule is O=C(Nc1ccc(F)cc1)C1CCCN(c2cccnn2)C1. The minimum Gasteiger partial charge on any atom is -0.354 e. The van der Waals surface area contributed by atoms with Gasteiger partial charge in [-0.25, -0.2) is 4.39 Å². The number of rotatable bonds is 3. The molecule has 1 aliphatic heterocycles. The molecule has 2 aromatic rings. The van der Waals surface area contributed by atoms with Crippen molar-refractivity contribution in [1.82, 2.24) is 10.2 Å². The van der Waals surface area contributed by atoms with Gasteiger partial charge in [0.15, 0.2) is 5.82 Å². The van der Waals surface area contributed by atoms with Crippen molar-refractivity contribution in [2.75, 3.05) is 23.3 Å². The molecule has 22 heavy (non-hydrogen) atoms. The average Bonchev–Trinajstić information content (AvgIpc) is 2.58. The van der Waals surface area contributed by atoms with Crippen molar-refractivity contribution in [2.45, 2.75) is 12.8 Å². The van der Waals surface area contributed by atoms with E-state index in [1.165, 1.54) is 12.1 Å². The summed E-state index contributed by atoms with van der Waals surface area (Å²) < 4.78 is 12.9. The number of hydrogen-bond acceptors (Lipinski definition) is 4. The first-order valence-electron chi connectivity index (χ1n) is 7.31. The van der Waals surface area contributed by atoms with Gasteiger partial charge < -0.3 is 10.2 Å². The molecule has 0 radical (unpaired) electrons. The van der Waals surface area contributed by atoms with Crippen LogP contribution in [-0.2, 0) is 4.79 Å². The zero-order chi connectivity index (χ0) is 15.4. The van der Waals surface area contributed by atoms with Gasteiger partial charge in [0.25, 0.3) is 0 Å². The van der Waals surface area contributed by atoms with E-state index in [0.717, 1.165) is 25.2 Å². The molecule has 1 fully saturated rings. The molecular formula is C16H17FN4O. The predicted molar refractivity (Wildman–Crippen MR) is 82.0 cm³/mol. The van der Waals surface area contributed by atoms with Crippen LogP contribution in [0.15, 0.2) is 42.6 Å². The number of aromatic nitrogens is 2. The molecule has 1 unspecified atom stereocenters. The van der Waals surface area contributed by atoms with E-state index in [1.807, 2.05) is 12.1 Å². The number of benzene rings is 1. The summed E-state index contributed by atoms with van der Waals surface area (Å²) in [6.07, 6.45) is 3.40. The number of anilines is 2. The van der Waals surface area contributed by atoms with Gasteiger partial charge in [0.2, 0.25) is 5.91 Å². The zero-order valence-electron chi connectivity index (χ0n) is 12.1. The molecule has 1 aliphatic rings. The van der Waals surface area contributed by atoms with Gasteiger partial charge in [-0.05, 0) is 49.2 Å². The highest BCUT2D eigenvalue weighted by atomic mass is 19.1. The number of carbonyl (C=O) groups is 1. The Kier molecular flexibility index (Phi) is 4.27. The summed E-state index contributed by atoms with van der Waals surface area (Å²) in [5.41, 5.74) is 0.614. The summed E-state index contributed by atoms with van der Waals surface area (Å²) in [5, 5.41) is 10.8. The summed E-state index contributed by atoms with van der Waals surface area (Å²) in [4.78, 5) is 14.4. The van der Waals surface area contributed by atoms with Crippen molar-refractivity contribution >= 4 is 17.4 Å². The smallest absolute Gasteiger partial charge is 0.229 e. The van der Waals surface area contributed by atoms with E-state index >= 15 is 0 Å². The van der Waals surface area contributed by atoms with E-state index in [0.29, 0.717) is 12.2 Å². The largest absolute Gasteiger partial charge is 0.354 e. The average molecular weight is 300 g/mol. The fraction of sp³-hybridized carbons (Fsp3) is 0.312. The fourth-order valence-corrected chi connectivity index (χ4v) is 2.64. The topological polar surface area (TPSA) is 58.1 Å². The lowest BCUT2D eigenvalue weighted by Gasteiger charge is -2.32. The summed E-state index contributed by atoms with van der Waals surface area (Å²) in [5.74, 6) is 0.326. The van der Waals surface area contributed by atoms with E-state index < -0.39 is 0 Å². The lowest BCUT2D eigenvalue weighted by atomic mass is 9.97. The summed E-state index contributed by atoms with van der Waals surface area (Å²) in [6, 6.07) is 9.54. The van der Waals surface area contributed by atoms with Crippen LogP contribution >= 0.6 is 0 Å². The number of nitrogens with zero attached hydrogens (tertiary/aromatic N) is 3. The third-order valence-corrected chi connectivity index (χ3v) is 3.79. The lowest BCUT2D eigenvalue weighted by molar-refractivity contribution is -0.120. The number of carbonyl (C=O) groups excluding carboxylic acids is 1. The summed E-state index contributed by atoms with van der Waals surface area (Å²) in [6.45, 7) is 1.49. The predicted octanol–water partition coefficient (Wildman–Crippen LogP) is 2.47. The van der Waals surface area contributed by atoms with Crippen LogP contribution in [0.3, 0.4) is 0 Å². The molecule has 1 aromatic heterocycles. The van der Waals surface area contributed by atoms with E-state index in [9.17, 15) is 9.18 Å². The first kappa shape index (κ1) is 14.4. The van der Waals surface area contributed by atoms with Gasteiger partial charge in [0.1, 0.15) is 5.82 Å².